The first-order valence-corrected chi connectivity index (χ1v) is 7.50. The summed E-state index contributed by atoms with van der Waals surface area (Å²) in [6.07, 6.45) is 2.08. The molecule has 0 aliphatic heterocycles. The lowest BCUT2D eigenvalue weighted by Gasteiger charge is -2.21. The van der Waals surface area contributed by atoms with E-state index >= 15 is 0 Å². The Kier molecular flexibility index (Phi) is 5.27. The number of aromatic nitrogens is 1. The first-order chi connectivity index (χ1) is 7.98. The minimum atomic E-state index is -0.360. The number of hydrogen-bond donors (Lipinski definition) is 1. The molecule has 0 saturated heterocycles. The third kappa shape index (κ3) is 4.55. The van der Waals surface area contributed by atoms with Gasteiger partial charge in [-0.15, -0.1) is 11.3 Å². The fourth-order valence-electron chi connectivity index (χ4n) is 1.01. The summed E-state index contributed by atoms with van der Waals surface area (Å²) in [7, 11) is 0. The summed E-state index contributed by atoms with van der Waals surface area (Å²) in [4.78, 5) is 15.6. The molecule has 0 aliphatic carbocycles. The first-order valence-electron chi connectivity index (χ1n) is 5.40. The van der Waals surface area contributed by atoms with Crippen molar-refractivity contribution in [1.82, 2.24) is 4.98 Å². The van der Waals surface area contributed by atoms with Gasteiger partial charge in [-0.3, -0.25) is 0 Å². The quantitative estimate of drug-likeness (QED) is 0.808. The predicted molar refractivity (Wildman–Crippen MR) is 74.2 cm³/mol. The topological polar surface area (TPSA) is 51.2 Å². The fourth-order valence-corrected chi connectivity index (χ4v) is 1.91. The van der Waals surface area contributed by atoms with Crippen molar-refractivity contribution in [2.45, 2.75) is 25.5 Å². The summed E-state index contributed by atoms with van der Waals surface area (Å²) in [6.45, 7) is 7.28. The molecule has 0 fully saturated rings. The van der Waals surface area contributed by atoms with E-state index in [1.54, 1.807) is 24.1 Å². The van der Waals surface area contributed by atoms with Crippen LogP contribution in [0, 0.1) is 0 Å². The van der Waals surface area contributed by atoms with E-state index in [-0.39, 0.29) is 10.7 Å². The monoisotopic (exact) mass is 274 g/mol. The number of ether oxygens (including phenoxy) is 1. The second-order valence-corrected chi connectivity index (χ2v) is 6.45. The largest absolute Gasteiger partial charge is 0.461 e. The maximum Gasteiger partial charge on any atom is 0.357 e. The van der Waals surface area contributed by atoms with Gasteiger partial charge in [-0.2, -0.15) is 11.8 Å². The van der Waals surface area contributed by atoms with Crippen LogP contribution in [0.2, 0.25) is 0 Å². The van der Waals surface area contributed by atoms with Gasteiger partial charge in [-0.05, 0) is 27.0 Å². The van der Waals surface area contributed by atoms with E-state index < -0.39 is 0 Å². The molecule has 0 aliphatic rings. The molecular weight excluding hydrogens is 256 g/mol. The van der Waals surface area contributed by atoms with Gasteiger partial charge < -0.3 is 10.1 Å². The number of hydrogen-bond acceptors (Lipinski definition) is 6. The first kappa shape index (κ1) is 14.3. The third-order valence-electron chi connectivity index (χ3n) is 2.21. The number of carbonyl (C=O) groups is 1. The zero-order chi connectivity index (χ0) is 12.9. The van der Waals surface area contributed by atoms with Gasteiger partial charge in [0, 0.05) is 16.7 Å². The van der Waals surface area contributed by atoms with Crippen molar-refractivity contribution in [3.63, 3.8) is 0 Å². The molecular formula is C11H18N2O2S2. The minimum absolute atomic E-state index is 0.149. The molecule has 1 heterocycles. The molecule has 0 saturated carbocycles. The zero-order valence-corrected chi connectivity index (χ0v) is 12.2. The van der Waals surface area contributed by atoms with Crippen molar-refractivity contribution in [1.29, 1.82) is 0 Å². The van der Waals surface area contributed by atoms with Gasteiger partial charge in [0.15, 0.2) is 10.8 Å². The molecule has 0 bridgehead atoms. The number of nitrogens with one attached hydrogen (secondary N) is 1. The lowest BCUT2D eigenvalue weighted by Crippen LogP contribution is -2.25. The average Bonchev–Trinajstić information content (AvgIpc) is 2.76. The highest BCUT2D eigenvalue weighted by Gasteiger charge is 2.17. The number of esters is 1. The van der Waals surface area contributed by atoms with Crippen molar-refractivity contribution in [2.24, 2.45) is 0 Å². The van der Waals surface area contributed by atoms with E-state index in [0.29, 0.717) is 12.3 Å². The molecule has 1 aromatic rings. The van der Waals surface area contributed by atoms with Crippen LogP contribution in [-0.4, -0.2) is 35.1 Å². The molecule has 0 spiro atoms. The molecule has 0 radical (unpaired) electrons. The van der Waals surface area contributed by atoms with Gasteiger partial charge in [0.25, 0.3) is 0 Å². The second-order valence-electron chi connectivity index (χ2n) is 4.08. The Morgan fingerprint density at radius 3 is 2.94 bits per heavy atom. The van der Waals surface area contributed by atoms with E-state index in [0.717, 1.165) is 11.7 Å². The van der Waals surface area contributed by atoms with Crippen LogP contribution in [0.15, 0.2) is 5.38 Å². The summed E-state index contributed by atoms with van der Waals surface area (Å²) >= 11 is 3.21. The van der Waals surface area contributed by atoms with Crippen LogP contribution >= 0.6 is 23.1 Å². The van der Waals surface area contributed by atoms with Crippen LogP contribution in [0.25, 0.3) is 0 Å². The lowest BCUT2D eigenvalue weighted by molar-refractivity contribution is 0.0520. The highest BCUT2D eigenvalue weighted by atomic mass is 32.2. The second kappa shape index (κ2) is 6.26. The molecule has 0 atom stereocenters. The van der Waals surface area contributed by atoms with E-state index in [2.05, 4.69) is 30.4 Å². The number of carbonyl (C=O) groups excluding carboxylic acids is 1. The number of rotatable bonds is 6. The SMILES string of the molecule is CCOC(=O)c1csc(NCC(C)(C)SC)n1. The lowest BCUT2D eigenvalue weighted by atomic mass is 10.2. The summed E-state index contributed by atoms with van der Waals surface area (Å²) in [5.41, 5.74) is 0.376. The van der Waals surface area contributed by atoms with Crippen molar-refractivity contribution < 1.29 is 9.53 Å². The molecule has 96 valence electrons. The molecule has 1 rings (SSSR count). The van der Waals surface area contributed by atoms with E-state index in [1.165, 1.54) is 11.3 Å². The van der Waals surface area contributed by atoms with Crippen LogP contribution in [-0.2, 0) is 4.74 Å². The minimum Gasteiger partial charge on any atom is -0.461 e. The summed E-state index contributed by atoms with van der Waals surface area (Å²) in [5.74, 6) is -0.360. The highest BCUT2D eigenvalue weighted by molar-refractivity contribution is 7.99. The molecule has 1 aromatic heterocycles. The van der Waals surface area contributed by atoms with Crippen LogP contribution in [0.5, 0.6) is 0 Å². The zero-order valence-electron chi connectivity index (χ0n) is 10.6. The standard InChI is InChI=1S/C11H18N2O2S2/c1-5-15-9(14)8-6-17-10(13-8)12-7-11(2,3)16-4/h6H,5,7H2,1-4H3,(H,12,13). The Hall–Kier alpha value is -0.750. The van der Waals surface area contributed by atoms with Gasteiger partial charge >= 0.3 is 5.97 Å². The van der Waals surface area contributed by atoms with E-state index in [9.17, 15) is 4.79 Å². The molecule has 17 heavy (non-hydrogen) atoms. The van der Waals surface area contributed by atoms with E-state index in [4.69, 9.17) is 4.74 Å². The van der Waals surface area contributed by atoms with Crippen molar-refractivity contribution in [3.8, 4) is 0 Å². The number of nitrogens with zero attached hydrogens (tertiary/aromatic N) is 1. The van der Waals surface area contributed by atoms with Gasteiger partial charge in [-0.1, -0.05) is 0 Å². The third-order valence-corrected chi connectivity index (χ3v) is 4.26. The Labute approximate surface area is 110 Å². The average molecular weight is 274 g/mol. The predicted octanol–water partition coefficient (Wildman–Crippen LogP) is 2.87. The normalized spacial score (nSPS) is 11.3. The van der Waals surface area contributed by atoms with Gasteiger partial charge in [0.05, 0.1) is 6.61 Å². The molecule has 0 amide bonds. The molecule has 0 aromatic carbocycles. The van der Waals surface area contributed by atoms with Crippen molar-refractivity contribution >= 4 is 34.2 Å². The number of thioether (sulfide) groups is 1. The smallest absolute Gasteiger partial charge is 0.357 e. The van der Waals surface area contributed by atoms with E-state index in [1.807, 2.05) is 0 Å². The molecule has 4 nitrogen and oxygen atoms in total. The number of anilines is 1. The highest BCUT2D eigenvalue weighted by Crippen LogP contribution is 2.23. The molecule has 1 N–H and O–H groups in total. The summed E-state index contributed by atoms with van der Waals surface area (Å²) in [6, 6.07) is 0. The van der Waals surface area contributed by atoms with Crippen molar-refractivity contribution in [3.05, 3.63) is 11.1 Å². The Morgan fingerprint density at radius 2 is 2.35 bits per heavy atom. The van der Waals surface area contributed by atoms with Gasteiger partial charge in [0.1, 0.15) is 0 Å². The van der Waals surface area contributed by atoms with Crippen LogP contribution < -0.4 is 5.32 Å². The van der Waals surface area contributed by atoms with Crippen LogP contribution in [0.3, 0.4) is 0 Å². The van der Waals surface area contributed by atoms with Gasteiger partial charge in [-0.25, -0.2) is 9.78 Å². The summed E-state index contributed by atoms with van der Waals surface area (Å²) < 4.78 is 5.03. The maximum atomic E-state index is 11.4. The van der Waals surface area contributed by atoms with Crippen molar-refractivity contribution in [2.75, 3.05) is 24.7 Å². The number of thiazole rings is 1. The Bertz CT molecular complexity index is 377. The molecule has 6 heteroatoms. The Balaban J connectivity index is 2.54. The summed E-state index contributed by atoms with van der Waals surface area (Å²) in [5, 5.41) is 5.71. The fraction of sp³-hybridized carbons (Fsp3) is 0.636. The van der Waals surface area contributed by atoms with Crippen LogP contribution in [0.1, 0.15) is 31.3 Å². The Morgan fingerprint density at radius 1 is 1.65 bits per heavy atom. The maximum absolute atomic E-state index is 11.4. The van der Waals surface area contributed by atoms with Crippen LogP contribution in [0.4, 0.5) is 5.13 Å². The molecule has 0 unspecified atom stereocenters. The van der Waals surface area contributed by atoms with Gasteiger partial charge in [0.2, 0.25) is 0 Å².